The van der Waals surface area contributed by atoms with Gasteiger partial charge >= 0.3 is 0 Å². The summed E-state index contributed by atoms with van der Waals surface area (Å²) >= 11 is 1.55. The molecule has 9 nitrogen and oxygen atoms in total. The van der Waals surface area contributed by atoms with Gasteiger partial charge in [-0.05, 0) is 35.4 Å². The van der Waals surface area contributed by atoms with E-state index in [4.69, 9.17) is 9.47 Å². The molecule has 1 fully saturated rings. The summed E-state index contributed by atoms with van der Waals surface area (Å²) in [6, 6.07) is 18.7. The van der Waals surface area contributed by atoms with Crippen molar-refractivity contribution in [1.82, 2.24) is 20.2 Å². The Balaban J connectivity index is 1.34. The minimum absolute atomic E-state index is 0.00673. The zero-order valence-corrected chi connectivity index (χ0v) is 21.0. The van der Waals surface area contributed by atoms with Gasteiger partial charge in [0.05, 0.1) is 24.4 Å². The zero-order chi connectivity index (χ0) is 25.6. The number of pyridine rings is 1. The number of hydrogen-bond donors (Lipinski definition) is 3. The van der Waals surface area contributed by atoms with Crippen LogP contribution in [0.1, 0.15) is 46.4 Å². The summed E-state index contributed by atoms with van der Waals surface area (Å²) in [6.07, 6.45) is 3.71. The Morgan fingerprint density at radius 1 is 1.08 bits per heavy atom. The number of aromatic nitrogens is 4. The Labute approximate surface area is 218 Å². The van der Waals surface area contributed by atoms with Crippen LogP contribution in [0.4, 0.5) is 5.69 Å². The SMILES string of the molecule is C[C@H]1[C@@H](CSc2ncn[nH]2)O[C@@H](c2ccc(NC(=O)c3cccnc3)cc2)O[C@H]1c1ccc(CO)cc1. The second-order valence-corrected chi connectivity index (χ2v) is 9.75. The van der Waals surface area contributed by atoms with Gasteiger partial charge in [0, 0.05) is 35.3 Å². The summed E-state index contributed by atoms with van der Waals surface area (Å²) in [7, 11) is 0. The van der Waals surface area contributed by atoms with Gasteiger partial charge in [0.2, 0.25) is 0 Å². The summed E-state index contributed by atoms with van der Waals surface area (Å²) < 4.78 is 12.9. The molecule has 0 bridgehead atoms. The predicted molar refractivity (Wildman–Crippen MR) is 139 cm³/mol. The molecular weight excluding hydrogens is 490 g/mol. The second-order valence-electron chi connectivity index (χ2n) is 8.74. The number of nitrogens with one attached hydrogen (secondary N) is 2. The Bertz CT molecular complexity index is 1290. The standard InChI is InChI=1S/C27H27N5O4S/c1-17-23(15-37-27-29-16-30-32-27)35-26(36-24(17)19-6-4-18(14-33)5-7-19)20-8-10-22(11-9-20)31-25(34)21-3-2-12-28-13-21/h2-13,16-17,23-24,26,33H,14-15H2,1H3,(H,31,34)(H,29,30,32)/t17-,23+,24+,26+/m0/s1. The number of aliphatic hydroxyl groups excluding tert-OH is 1. The fourth-order valence-electron chi connectivity index (χ4n) is 4.16. The molecule has 1 amide bonds. The lowest BCUT2D eigenvalue weighted by molar-refractivity contribution is -0.268. The van der Waals surface area contributed by atoms with Crippen LogP contribution in [-0.2, 0) is 16.1 Å². The topological polar surface area (TPSA) is 122 Å². The molecule has 0 aliphatic carbocycles. The van der Waals surface area contributed by atoms with Gasteiger partial charge in [0.25, 0.3) is 5.91 Å². The number of anilines is 1. The number of amides is 1. The smallest absolute Gasteiger partial charge is 0.257 e. The lowest BCUT2D eigenvalue weighted by Crippen LogP contribution is -2.38. The van der Waals surface area contributed by atoms with Gasteiger partial charge in [0.15, 0.2) is 11.4 Å². The first-order valence-electron chi connectivity index (χ1n) is 11.9. The van der Waals surface area contributed by atoms with Crippen molar-refractivity contribution in [3.63, 3.8) is 0 Å². The highest BCUT2D eigenvalue weighted by Crippen LogP contribution is 2.42. The van der Waals surface area contributed by atoms with E-state index in [1.807, 2.05) is 48.5 Å². The number of thioether (sulfide) groups is 1. The summed E-state index contributed by atoms with van der Waals surface area (Å²) in [4.78, 5) is 20.7. The van der Waals surface area contributed by atoms with E-state index in [1.165, 1.54) is 12.5 Å². The minimum atomic E-state index is -0.595. The summed E-state index contributed by atoms with van der Waals surface area (Å²) in [6.45, 7) is 2.11. The van der Waals surface area contributed by atoms with Crippen molar-refractivity contribution in [2.24, 2.45) is 5.92 Å². The Hall–Kier alpha value is -3.57. The van der Waals surface area contributed by atoms with Crippen LogP contribution < -0.4 is 5.32 Å². The van der Waals surface area contributed by atoms with Crippen molar-refractivity contribution in [2.45, 2.75) is 37.2 Å². The third-order valence-corrected chi connectivity index (χ3v) is 7.23. The molecule has 37 heavy (non-hydrogen) atoms. The van der Waals surface area contributed by atoms with E-state index < -0.39 is 6.29 Å². The number of ether oxygens (including phenoxy) is 2. The molecule has 190 valence electrons. The van der Waals surface area contributed by atoms with Crippen LogP contribution in [0.15, 0.2) is 84.5 Å². The molecule has 2 aromatic carbocycles. The number of carbonyl (C=O) groups is 1. The van der Waals surface area contributed by atoms with E-state index in [9.17, 15) is 9.90 Å². The van der Waals surface area contributed by atoms with Crippen LogP contribution in [0.2, 0.25) is 0 Å². The van der Waals surface area contributed by atoms with Gasteiger partial charge in [-0.1, -0.05) is 55.1 Å². The molecule has 0 unspecified atom stereocenters. The van der Waals surface area contributed by atoms with Gasteiger partial charge in [-0.15, -0.1) is 0 Å². The maximum atomic E-state index is 12.5. The number of carbonyl (C=O) groups excluding carboxylic acids is 1. The molecular formula is C27H27N5O4S. The quantitative estimate of drug-likeness (QED) is 0.292. The Morgan fingerprint density at radius 2 is 1.86 bits per heavy atom. The molecule has 0 spiro atoms. The van der Waals surface area contributed by atoms with Gasteiger partial charge in [-0.25, -0.2) is 4.98 Å². The van der Waals surface area contributed by atoms with Gasteiger partial charge in [-0.2, -0.15) is 5.10 Å². The molecule has 2 aromatic heterocycles. The molecule has 1 saturated heterocycles. The Kier molecular flexibility index (Phi) is 7.90. The molecule has 1 aliphatic heterocycles. The van der Waals surface area contributed by atoms with Crippen molar-refractivity contribution in [3.8, 4) is 0 Å². The second kappa shape index (κ2) is 11.7. The van der Waals surface area contributed by atoms with Gasteiger partial charge < -0.3 is 19.9 Å². The minimum Gasteiger partial charge on any atom is -0.392 e. The molecule has 0 radical (unpaired) electrons. The van der Waals surface area contributed by atoms with Crippen LogP contribution in [0.25, 0.3) is 0 Å². The fourth-order valence-corrected chi connectivity index (χ4v) is 5.10. The lowest BCUT2D eigenvalue weighted by atomic mass is 9.91. The van der Waals surface area contributed by atoms with Crippen molar-refractivity contribution in [1.29, 1.82) is 0 Å². The number of hydrogen-bond acceptors (Lipinski definition) is 8. The van der Waals surface area contributed by atoms with Crippen LogP contribution in [0, 0.1) is 5.92 Å². The van der Waals surface area contributed by atoms with Crippen LogP contribution in [0.5, 0.6) is 0 Å². The molecule has 1 aliphatic rings. The first kappa shape index (κ1) is 25.1. The monoisotopic (exact) mass is 517 g/mol. The van der Waals surface area contributed by atoms with Crippen molar-refractivity contribution in [3.05, 3.63) is 102 Å². The molecule has 3 heterocycles. The number of H-pyrrole nitrogens is 1. The largest absolute Gasteiger partial charge is 0.392 e. The maximum absolute atomic E-state index is 12.5. The van der Waals surface area contributed by atoms with E-state index >= 15 is 0 Å². The summed E-state index contributed by atoms with van der Waals surface area (Å²) in [5, 5.41) is 19.8. The van der Waals surface area contributed by atoms with Gasteiger partial charge in [0.1, 0.15) is 6.33 Å². The van der Waals surface area contributed by atoms with E-state index in [-0.39, 0.29) is 30.6 Å². The molecule has 0 saturated carbocycles. The van der Waals surface area contributed by atoms with Gasteiger partial charge in [-0.3, -0.25) is 14.9 Å². The summed E-state index contributed by atoms with van der Waals surface area (Å²) in [5.74, 6) is 0.501. The average molecular weight is 518 g/mol. The number of nitrogens with zero attached hydrogens (tertiary/aromatic N) is 3. The van der Waals surface area contributed by atoms with E-state index in [0.717, 1.165) is 21.8 Å². The average Bonchev–Trinajstić information content (AvgIpc) is 3.47. The molecule has 5 rings (SSSR count). The first-order valence-corrected chi connectivity index (χ1v) is 12.9. The maximum Gasteiger partial charge on any atom is 0.257 e. The first-order chi connectivity index (χ1) is 18.1. The van der Waals surface area contributed by atoms with Crippen LogP contribution in [0.3, 0.4) is 0 Å². The van der Waals surface area contributed by atoms with E-state index in [1.54, 1.807) is 30.1 Å². The normalized spacial score (nSPS) is 21.5. The number of benzene rings is 2. The highest BCUT2D eigenvalue weighted by molar-refractivity contribution is 7.99. The van der Waals surface area contributed by atoms with Crippen molar-refractivity contribution >= 4 is 23.4 Å². The van der Waals surface area contributed by atoms with Crippen LogP contribution in [-0.4, -0.2) is 43.0 Å². The molecule has 3 N–H and O–H groups in total. The zero-order valence-electron chi connectivity index (χ0n) is 20.2. The Morgan fingerprint density at radius 3 is 2.54 bits per heavy atom. The highest BCUT2D eigenvalue weighted by Gasteiger charge is 2.38. The van der Waals surface area contributed by atoms with Crippen LogP contribution >= 0.6 is 11.8 Å². The third-order valence-electron chi connectivity index (χ3n) is 6.27. The van der Waals surface area contributed by atoms with E-state index in [0.29, 0.717) is 17.0 Å². The number of aliphatic hydroxyl groups is 1. The molecule has 10 heteroatoms. The third kappa shape index (κ3) is 6.05. The highest BCUT2D eigenvalue weighted by atomic mass is 32.2. The molecule has 4 atom stereocenters. The fraction of sp³-hybridized carbons (Fsp3) is 0.259. The lowest BCUT2D eigenvalue weighted by Gasteiger charge is -2.41. The van der Waals surface area contributed by atoms with E-state index in [2.05, 4.69) is 32.4 Å². The molecule has 4 aromatic rings. The number of rotatable bonds is 8. The van der Waals surface area contributed by atoms with Crippen molar-refractivity contribution in [2.75, 3.05) is 11.1 Å². The van der Waals surface area contributed by atoms with Crippen molar-refractivity contribution < 1.29 is 19.4 Å². The predicted octanol–water partition coefficient (Wildman–Crippen LogP) is 4.53. The number of aromatic amines is 1. The summed E-state index contributed by atoms with van der Waals surface area (Å²) in [5.41, 5.74) is 3.87.